The Bertz CT molecular complexity index is 338. The molecule has 0 bridgehead atoms. The Morgan fingerprint density at radius 2 is 2.29 bits per heavy atom. The minimum Gasteiger partial charge on any atom is -0.508 e. The van der Waals surface area contributed by atoms with Crippen LogP contribution in [0.25, 0.3) is 0 Å². The molecule has 1 aromatic carbocycles. The van der Waals surface area contributed by atoms with Crippen LogP contribution >= 0.6 is 0 Å². The molecule has 0 saturated heterocycles. The van der Waals surface area contributed by atoms with Gasteiger partial charge in [0, 0.05) is 13.1 Å². The van der Waals surface area contributed by atoms with E-state index in [1.54, 1.807) is 12.1 Å². The van der Waals surface area contributed by atoms with Gasteiger partial charge in [-0.2, -0.15) is 0 Å². The summed E-state index contributed by atoms with van der Waals surface area (Å²) >= 11 is 0. The van der Waals surface area contributed by atoms with E-state index < -0.39 is 6.10 Å². The zero-order valence-electron chi connectivity index (χ0n) is 8.27. The number of β-amino-alcohol motifs (C(OH)–C–C–N with tert-alkyl or cyclic N) is 1. The second-order valence-electron chi connectivity index (χ2n) is 3.73. The summed E-state index contributed by atoms with van der Waals surface area (Å²) in [5, 5.41) is 19.1. The summed E-state index contributed by atoms with van der Waals surface area (Å²) < 4.78 is 0. The van der Waals surface area contributed by atoms with E-state index in [4.69, 9.17) is 0 Å². The number of hydrogen-bond acceptors (Lipinski definition) is 3. The van der Waals surface area contributed by atoms with Crippen LogP contribution in [0.5, 0.6) is 5.75 Å². The number of phenols is 1. The number of hydrogen-bond donors (Lipinski definition) is 2. The Balaban J connectivity index is 2.35. The molecule has 1 aliphatic rings. The summed E-state index contributed by atoms with van der Waals surface area (Å²) in [4.78, 5) is 2.18. The number of aliphatic hydroxyl groups excluding tert-OH is 1. The number of benzene rings is 1. The summed E-state index contributed by atoms with van der Waals surface area (Å²) in [6, 6.07) is 5.22. The lowest BCUT2D eigenvalue weighted by atomic mass is 9.97. The smallest absolute Gasteiger partial charge is 0.115 e. The van der Waals surface area contributed by atoms with Crippen LogP contribution in [0.15, 0.2) is 18.2 Å². The van der Waals surface area contributed by atoms with Crippen LogP contribution in [0, 0.1) is 0 Å². The molecule has 1 unspecified atom stereocenters. The van der Waals surface area contributed by atoms with Crippen LogP contribution in [0.2, 0.25) is 0 Å². The topological polar surface area (TPSA) is 43.7 Å². The average molecular weight is 193 g/mol. The Labute approximate surface area is 83.6 Å². The monoisotopic (exact) mass is 193 g/mol. The molecule has 2 rings (SSSR count). The first-order valence-corrected chi connectivity index (χ1v) is 4.93. The molecule has 1 aromatic rings. The molecular formula is C11H15NO2. The maximum atomic E-state index is 9.83. The van der Waals surface area contributed by atoms with Gasteiger partial charge in [0.05, 0.1) is 6.10 Å². The number of nitrogens with zero attached hydrogens (tertiary/aromatic N) is 1. The van der Waals surface area contributed by atoms with Crippen molar-refractivity contribution >= 4 is 0 Å². The molecular weight excluding hydrogens is 178 g/mol. The van der Waals surface area contributed by atoms with Gasteiger partial charge in [0.15, 0.2) is 0 Å². The fourth-order valence-corrected chi connectivity index (χ4v) is 1.93. The molecule has 0 aliphatic carbocycles. The fraction of sp³-hybridized carbons (Fsp3) is 0.455. The number of phenolic OH excluding ortho intramolecular Hbond substituents is 1. The molecule has 0 fully saturated rings. The summed E-state index contributed by atoms with van der Waals surface area (Å²) in [6.07, 6.45) is -0.467. The van der Waals surface area contributed by atoms with Gasteiger partial charge in [0.1, 0.15) is 5.75 Å². The van der Waals surface area contributed by atoms with Crippen LogP contribution in [0.3, 0.4) is 0 Å². The third kappa shape index (κ3) is 1.61. The quantitative estimate of drug-likeness (QED) is 0.705. The Morgan fingerprint density at radius 1 is 1.50 bits per heavy atom. The molecule has 1 heterocycles. The molecule has 3 nitrogen and oxygen atoms in total. The van der Waals surface area contributed by atoms with Gasteiger partial charge in [-0.15, -0.1) is 0 Å². The highest BCUT2D eigenvalue weighted by atomic mass is 16.3. The van der Waals surface area contributed by atoms with Gasteiger partial charge in [0.2, 0.25) is 0 Å². The second kappa shape index (κ2) is 3.59. The van der Waals surface area contributed by atoms with Gasteiger partial charge in [0.25, 0.3) is 0 Å². The van der Waals surface area contributed by atoms with E-state index in [9.17, 15) is 10.2 Å². The van der Waals surface area contributed by atoms with Crippen LogP contribution in [-0.4, -0.2) is 28.2 Å². The summed E-state index contributed by atoms with van der Waals surface area (Å²) in [5.74, 6) is 0.229. The second-order valence-corrected chi connectivity index (χ2v) is 3.73. The van der Waals surface area contributed by atoms with Crippen LogP contribution in [0.1, 0.15) is 24.2 Å². The van der Waals surface area contributed by atoms with Gasteiger partial charge in [-0.3, -0.25) is 4.90 Å². The summed E-state index contributed by atoms with van der Waals surface area (Å²) in [5.41, 5.74) is 1.98. The summed E-state index contributed by atoms with van der Waals surface area (Å²) in [6.45, 7) is 4.55. The van der Waals surface area contributed by atoms with Crippen LogP contribution in [-0.2, 0) is 6.54 Å². The predicted molar refractivity (Wildman–Crippen MR) is 54.0 cm³/mol. The number of rotatable bonds is 1. The van der Waals surface area contributed by atoms with Crippen molar-refractivity contribution in [1.29, 1.82) is 0 Å². The highest BCUT2D eigenvalue weighted by Crippen LogP contribution is 2.28. The van der Waals surface area contributed by atoms with Crippen molar-refractivity contribution in [2.75, 3.05) is 13.1 Å². The molecule has 0 aromatic heterocycles. The fourth-order valence-electron chi connectivity index (χ4n) is 1.93. The average Bonchev–Trinajstić information content (AvgIpc) is 2.19. The Morgan fingerprint density at radius 3 is 3.00 bits per heavy atom. The first-order valence-electron chi connectivity index (χ1n) is 4.93. The van der Waals surface area contributed by atoms with E-state index in [2.05, 4.69) is 11.8 Å². The van der Waals surface area contributed by atoms with Crippen molar-refractivity contribution in [2.24, 2.45) is 0 Å². The molecule has 0 radical (unpaired) electrons. The van der Waals surface area contributed by atoms with Crippen molar-refractivity contribution in [3.05, 3.63) is 29.3 Å². The first kappa shape index (κ1) is 9.49. The lowest BCUT2D eigenvalue weighted by Gasteiger charge is -2.31. The van der Waals surface area contributed by atoms with Crippen molar-refractivity contribution in [3.63, 3.8) is 0 Å². The van der Waals surface area contributed by atoms with Crippen molar-refractivity contribution in [3.8, 4) is 5.75 Å². The molecule has 2 N–H and O–H groups in total. The molecule has 3 heteroatoms. The third-order valence-corrected chi connectivity index (χ3v) is 2.76. The van der Waals surface area contributed by atoms with Gasteiger partial charge >= 0.3 is 0 Å². The molecule has 0 spiro atoms. The lowest BCUT2D eigenvalue weighted by molar-refractivity contribution is 0.0955. The van der Waals surface area contributed by atoms with Crippen LogP contribution < -0.4 is 0 Å². The largest absolute Gasteiger partial charge is 0.508 e. The highest BCUT2D eigenvalue weighted by Gasteiger charge is 2.22. The molecule has 14 heavy (non-hydrogen) atoms. The number of likely N-dealkylation sites (N-methyl/N-ethyl adjacent to an activating group) is 1. The van der Waals surface area contributed by atoms with E-state index in [0.29, 0.717) is 6.54 Å². The first-order chi connectivity index (χ1) is 6.70. The third-order valence-electron chi connectivity index (χ3n) is 2.76. The minimum atomic E-state index is -0.467. The highest BCUT2D eigenvalue weighted by molar-refractivity contribution is 5.37. The van der Waals surface area contributed by atoms with E-state index in [-0.39, 0.29) is 5.75 Å². The normalized spacial score (nSPS) is 22.0. The van der Waals surface area contributed by atoms with Crippen molar-refractivity contribution in [1.82, 2.24) is 4.90 Å². The molecule has 76 valence electrons. The molecule has 1 atom stereocenters. The van der Waals surface area contributed by atoms with Crippen molar-refractivity contribution < 1.29 is 10.2 Å². The maximum absolute atomic E-state index is 9.83. The van der Waals surface area contributed by atoms with E-state index in [1.807, 2.05) is 6.07 Å². The number of aromatic hydroxyl groups is 1. The molecule has 1 aliphatic heterocycles. The van der Waals surface area contributed by atoms with Gasteiger partial charge in [-0.05, 0) is 29.8 Å². The maximum Gasteiger partial charge on any atom is 0.115 e. The zero-order chi connectivity index (χ0) is 10.1. The number of fused-ring (bicyclic) bond motifs is 1. The summed E-state index contributed by atoms with van der Waals surface area (Å²) in [7, 11) is 0. The van der Waals surface area contributed by atoms with E-state index in [1.165, 1.54) is 0 Å². The van der Waals surface area contributed by atoms with Gasteiger partial charge < -0.3 is 10.2 Å². The number of aliphatic hydroxyl groups is 1. The predicted octanol–water partition coefficient (Wildman–Crippen LogP) is 1.26. The SMILES string of the molecule is CCN1Cc2ccc(O)cc2C(O)C1. The Kier molecular flexibility index (Phi) is 2.44. The minimum absolute atomic E-state index is 0.229. The standard InChI is InChI=1S/C11H15NO2/c1-2-12-6-8-3-4-9(13)5-10(8)11(14)7-12/h3-5,11,13-14H,2,6-7H2,1H3. The molecule has 0 amide bonds. The lowest BCUT2D eigenvalue weighted by Crippen LogP contribution is -2.33. The van der Waals surface area contributed by atoms with Gasteiger partial charge in [-0.1, -0.05) is 13.0 Å². The molecule has 0 saturated carbocycles. The van der Waals surface area contributed by atoms with Gasteiger partial charge in [-0.25, -0.2) is 0 Å². The Hall–Kier alpha value is -1.06. The van der Waals surface area contributed by atoms with Crippen LogP contribution in [0.4, 0.5) is 0 Å². The van der Waals surface area contributed by atoms with E-state index in [0.717, 1.165) is 24.2 Å². The van der Waals surface area contributed by atoms with Crippen molar-refractivity contribution in [2.45, 2.75) is 19.6 Å². The van der Waals surface area contributed by atoms with E-state index >= 15 is 0 Å². The zero-order valence-corrected chi connectivity index (χ0v) is 8.27.